The number of fused-ring (bicyclic) bond motifs is 6. The quantitative estimate of drug-likeness (QED) is 0.0412. The van der Waals surface area contributed by atoms with Crippen molar-refractivity contribution in [3.8, 4) is 11.5 Å². The number of hydrogen-bond acceptors (Lipinski definition) is 9. The second-order valence-electron chi connectivity index (χ2n) is 16.5. The number of nitrogens with zero attached hydrogens (tertiary/aromatic N) is 5. The first-order valence-corrected chi connectivity index (χ1v) is 24.0. The number of amides is 5. The van der Waals surface area contributed by atoms with Crippen LogP contribution in [0.1, 0.15) is 67.9 Å². The number of rotatable bonds is 19. The molecule has 0 saturated heterocycles. The largest absolute Gasteiger partial charge is 0.524 e. The maximum atomic E-state index is 14.0. The summed E-state index contributed by atoms with van der Waals surface area (Å²) < 4.78 is 23.0. The smallest absolute Gasteiger partial charge is 0.409 e. The summed E-state index contributed by atoms with van der Waals surface area (Å²) in [7, 11) is -1.25. The predicted molar refractivity (Wildman–Crippen MR) is 247 cm³/mol. The van der Waals surface area contributed by atoms with Crippen LogP contribution in [-0.4, -0.2) is 119 Å². The molecule has 64 heavy (non-hydrogen) atoms. The fraction of sp³-hybridized carbons (Fsp3) is 0.413. The fourth-order valence-electron chi connectivity index (χ4n) is 8.85. The van der Waals surface area contributed by atoms with Gasteiger partial charge in [0.25, 0.3) is 11.8 Å². The highest BCUT2D eigenvalue weighted by Crippen LogP contribution is 2.50. The molecule has 340 valence electrons. The van der Waals surface area contributed by atoms with Crippen LogP contribution in [-0.2, 0) is 23.7 Å². The SMILES string of the molecule is CN(CCCCCCN1C(=O)C=CC1=O)CCN(C)C(=O)Oc1cc2c(c3ccccc13)[C@H](CCl)CN2C(=O)CCCC(=O)N1C[C@@H](CCl)c2c1cc(OP(=O)(O)O)c1ccccc21. The first kappa shape index (κ1) is 47.0. The summed E-state index contributed by atoms with van der Waals surface area (Å²) in [6, 6.07) is 17.8. The van der Waals surface area contributed by atoms with E-state index in [0.717, 1.165) is 48.7 Å². The Hall–Kier alpha value is -5.02. The number of phosphoric acid groups is 1. The van der Waals surface area contributed by atoms with E-state index in [2.05, 4.69) is 4.90 Å². The number of hydrogen-bond donors (Lipinski definition) is 2. The van der Waals surface area contributed by atoms with Crippen LogP contribution in [0.3, 0.4) is 0 Å². The van der Waals surface area contributed by atoms with Gasteiger partial charge >= 0.3 is 13.9 Å². The van der Waals surface area contributed by atoms with Gasteiger partial charge in [0.2, 0.25) is 11.8 Å². The van der Waals surface area contributed by atoms with Crippen LogP contribution in [0.25, 0.3) is 21.5 Å². The van der Waals surface area contributed by atoms with Crippen molar-refractivity contribution in [3.05, 3.63) is 83.9 Å². The number of ether oxygens (including phenoxy) is 1. The number of phosphoric ester groups is 1. The van der Waals surface area contributed by atoms with Gasteiger partial charge in [-0.15, -0.1) is 23.2 Å². The Morgan fingerprint density at radius 3 is 1.73 bits per heavy atom. The van der Waals surface area contributed by atoms with E-state index in [4.69, 9.17) is 32.5 Å². The van der Waals surface area contributed by atoms with Crippen molar-refractivity contribution in [2.24, 2.45) is 0 Å². The van der Waals surface area contributed by atoms with E-state index < -0.39 is 13.9 Å². The van der Waals surface area contributed by atoms with E-state index in [0.29, 0.717) is 59.5 Å². The van der Waals surface area contributed by atoms with Crippen LogP contribution in [0.2, 0.25) is 0 Å². The highest BCUT2D eigenvalue weighted by molar-refractivity contribution is 7.46. The van der Waals surface area contributed by atoms with Gasteiger partial charge < -0.3 is 28.9 Å². The van der Waals surface area contributed by atoms with Crippen molar-refractivity contribution in [2.45, 2.75) is 56.8 Å². The minimum Gasteiger partial charge on any atom is -0.409 e. The molecule has 2 atom stereocenters. The van der Waals surface area contributed by atoms with Gasteiger partial charge in [-0.05, 0) is 54.8 Å². The molecule has 0 spiro atoms. The number of unbranched alkanes of at least 4 members (excludes halogenated alkanes) is 3. The predicted octanol–water partition coefficient (Wildman–Crippen LogP) is 7.52. The first-order chi connectivity index (χ1) is 30.7. The maximum absolute atomic E-state index is 14.0. The summed E-state index contributed by atoms with van der Waals surface area (Å²) in [6.45, 7) is 2.85. The average molecular weight is 937 g/mol. The number of benzene rings is 4. The Labute approximate surface area is 381 Å². The molecule has 15 nitrogen and oxygen atoms in total. The lowest BCUT2D eigenvalue weighted by atomic mass is 9.95. The zero-order chi connectivity index (χ0) is 45.7. The van der Waals surface area contributed by atoms with Crippen molar-refractivity contribution < 1.29 is 47.6 Å². The average Bonchev–Trinajstić information content (AvgIpc) is 3.95. The molecular weight excluding hydrogens is 884 g/mol. The summed E-state index contributed by atoms with van der Waals surface area (Å²) in [5, 5.41) is 2.72. The molecule has 0 fully saturated rings. The van der Waals surface area contributed by atoms with Crippen LogP contribution in [0, 0.1) is 0 Å². The molecule has 3 aliphatic heterocycles. The number of imide groups is 1. The van der Waals surface area contributed by atoms with Crippen LogP contribution in [0.15, 0.2) is 72.8 Å². The summed E-state index contributed by atoms with van der Waals surface area (Å²) in [6.07, 6.45) is 5.87. The molecule has 0 aromatic heterocycles. The first-order valence-electron chi connectivity index (χ1n) is 21.4. The third kappa shape index (κ3) is 10.4. The summed E-state index contributed by atoms with van der Waals surface area (Å²) in [5.74, 6) is -0.677. The van der Waals surface area contributed by atoms with Gasteiger partial charge in [0, 0.05) is 111 Å². The standard InChI is InChI=1S/C46H52Cl2N5O10P/c1-49(20-9-3-4-10-21-51-42(56)18-19-43(51)57)22-23-50(2)46(58)62-38-24-36-44(34-14-7-5-12-32(34)38)30(26-47)28-52(36)40(54)16-11-17-41(55)53-29-31(27-48)45-35-15-8-6-13-33(35)39(25-37(45)53)63-64(59,60)61/h5-8,12-15,18-19,24-25,30-31H,3-4,9-11,16-17,20-23,26-29H2,1-2H3,(H2,59,60,61)/t30-,31-/m1/s1. The molecule has 18 heteroatoms. The van der Waals surface area contributed by atoms with E-state index in [1.54, 1.807) is 41.1 Å². The molecule has 3 heterocycles. The zero-order valence-corrected chi connectivity index (χ0v) is 38.2. The molecule has 2 N–H and O–H groups in total. The molecule has 5 amide bonds. The second kappa shape index (κ2) is 20.4. The molecule has 0 unspecified atom stereocenters. The lowest BCUT2D eigenvalue weighted by molar-refractivity contribution is -0.137. The summed E-state index contributed by atoms with van der Waals surface area (Å²) in [4.78, 5) is 92.2. The topological polar surface area (TPSA) is 178 Å². The van der Waals surface area contributed by atoms with Crippen LogP contribution in [0.5, 0.6) is 11.5 Å². The van der Waals surface area contributed by atoms with Crippen molar-refractivity contribution >= 4 is 93.7 Å². The Morgan fingerprint density at radius 1 is 0.703 bits per heavy atom. The fourth-order valence-corrected chi connectivity index (χ4v) is 9.76. The summed E-state index contributed by atoms with van der Waals surface area (Å²) in [5.41, 5.74) is 2.75. The monoisotopic (exact) mass is 935 g/mol. The van der Waals surface area contributed by atoms with Crippen molar-refractivity contribution in [1.29, 1.82) is 0 Å². The van der Waals surface area contributed by atoms with E-state index in [-0.39, 0.29) is 78.8 Å². The van der Waals surface area contributed by atoms with E-state index in [1.165, 1.54) is 28.0 Å². The highest BCUT2D eigenvalue weighted by Gasteiger charge is 2.37. The van der Waals surface area contributed by atoms with E-state index >= 15 is 0 Å². The Kier molecular flexibility index (Phi) is 15.0. The van der Waals surface area contributed by atoms with Crippen molar-refractivity contribution in [1.82, 2.24) is 14.7 Å². The maximum Gasteiger partial charge on any atom is 0.524 e. The lowest BCUT2D eigenvalue weighted by Gasteiger charge is -2.23. The lowest BCUT2D eigenvalue weighted by Crippen LogP contribution is -2.36. The number of carbonyl (C=O) groups is 5. The molecular formula is C46H52Cl2N5O10P. The van der Waals surface area contributed by atoms with Crippen LogP contribution in [0.4, 0.5) is 16.2 Å². The third-order valence-corrected chi connectivity index (χ3v) is 13.3. The Morgan fingerprint density at radius 2 is 1.20 bits per heavy atom. The number of halogens is 2. The third-order valence-electron chi connectivity index (χ3n) is 12.1. The van der Waals surface area contributed by atoms with E-state index in [1.807, 2.05) is 37.4 Å². The normalized spacial score (nSPS) is 17.0. The van der Waals surface area contributed by atoms with Gasteiger partial charge in [-0.3, -0.25) is 33.9 Å². The van der Waals surface area contributed by atoms with E-state index in [9.17, 15) is 38.3 Å². The zero-order valence-electron chi connectivity index (χ0n) is 35.8. The van der Waals surface area contributed by atoms with Crippen molar-refractivity contribution in [2.75, 3.05) is 74.9 Å². The molecule has 0 aliphatic carbocycles. The minimum atomic E-state index is -4.92. The van der Waals surface area contributed by atoms with Gasteiger partial charge in [-0.25, -0.2) is 9.36 Å². The number of alkyl halides is 2. The van der Waals surface area contributed by atoms with Gasteiger partial charge in [0.15, 0.2) is 0 Å². The Bertz CT molecular complexity index is 2520. The summed E-state index contributed by atoms with van der Waals surface area (Å²) >= 11 is 12.9. The van der Waals surface area contributed by atoms with Gasteiger partial charge in [-0.1, -0.05) is 61.4 Å². The molecule has 4 aromatic carbocycles. The number of anilines is 2. The molecule has 0 bridgehead atoms. The minimum absolute atomic E-state index is 0.0206. The molecule has 7 rings (SSSR count). The second-order valence-corrected chi connectivity index (χ2v) is 18.3. The number of carbonyl (C=O) groups excluding carboxylic acids is 5. The Balaban J connectivity index is 0.967. The molecule has 0 radical (unpaired) electrons. The van der Waals surface area contributed by atoms with Gasteiger partial charge in [0.05, 0.1) is 11.4 Å². The molecule has 4 aromatic rings. The van der Waals surface area contributed by atoms with Crippen LogP contribution < -0.4 is 19.1 Å². The van der Waals surface area contributed by atoms with Crippen molar-refractivity contribution in [3.63, 3.8) is 0 Å². The van der Waals surface area contributed by atoms with Gasteiger partial charge in [-0.2, -0.15) is 0 Å². The molecule has 0 saturated carbocycles. The van der Waals surface area contributed by atoms with Crippen LogP contribution >= 0.6 is 31.0 Å². The number of likely N-dealkylation sites (N-methyl/N-ethyl adjacent to an activating group) is 2. The highest BCUT2D eigenvalue weighted by atomic mass is 35.5. The molecule has 3 aliphatic rings. The van der Waals surface area contributed by atoms with Gasteiger partial charge in [0.1, 0.15) is 11.5 Å².